The number of nitrogens with zero attached hydrogens (tertiary/aromatic N) is 7. The Kier molecular flexibility index (Phi) is 17.8. The van der Waals surface area contributed by atoms with Crippen LogP contribution in [-0.2, 0) is 0 Å². The van der Waals surface area contributed by atoms with Gasteiger partial charge < -0.3 is 0 Å². The highest BCUT2D eigenvalue weighted by Crippen LogP contribution is 2.36. The fourth-order valence-corrected chi connectivity index (χ4v) is 39.1. The number of imidazole rings is 4. The lowest BCUT2D eigenvalue weighted by atomic mass is 10.1. The van der Waals surface area contributed by atoms with Gasteiger partial charge in [-0.25, -0.2) is 15.0 Å². The molecule has 566 valence electrons. The van der Waals surface area contributed by atoms with Crippen molar-refractivity contribution in [3.63, 3.8) is 0 Å². The lowest BCUT2D eigenvalue weighted by molar-refractivity contribution is 0.983. The number of hydrogen-bond donors (Lipinski definition) is 0. The van der Waals surface area contributed by atoms with E-state index in [0.29, 0.717) is 11.6 Å². The van der Waals surface area contributed by atoms with Crippen LogP contribution in [0.4, 0.5) is 0 Å². The van der Waals surface area contributed by atoms with Gasteiger partial charge in [-0.15, -0.1) is 0 Å². The SMILES string of the molecule is c1ccc(-c2cc(-n3c4ccc([Si](c5ccccc5)(c5ccccc5)c5ccccc5)cc4n4c5cc([Si](c6ccccc6)(c6ccccc6)c6ccccc6)ccc5nc34)nc(-n3c4ccc([Si](c5ccccc5)(c5ccccc5)c5ccccc5)cc4n4c5cc([Si](c6ccccc6)(c6ccccc6)c6ccccc6)ccc5nc34)c2)cc1. The molecule has 0 saturated carbocycles. The minimum absolute atomic E-state index is 0.705. The summed E-state index contributed by atoms with van der Waals surface area (Å²) in [6, 6.07) is 179. The van der Waals surface area contributed by atoms with E-state index < -0.39 is 32.3 Å². The molecular formula is C109H79N7Si4. The molecule has 5 aromatic heterocycles. The smallest absolute Gasteiger partial charge is 0.221 e. The summed E-state index contributed by atoms with van der Waals surface area (Å²) in [7, 11) is -12.5. The van der Waals surface area contributed by atoms with Crippen molar-refractivity contribution in [1.82, 2.24) is 32.9 Å². The highest BCUT2D eigenvalue weighted by Gasteiger charge is 2.47. The van der Waals surface area contributed by atoms with Gasteiger partial charge in [-0.2, -0.15) is 0 Å². The van der Waals surface area contributed by atoms with Crippen molar-refractivity contribution in [2.75, 3.05) is 0 Å². The van der Waals surface area contributed by atoms with Crippen LogP contribution in [-0.4, -0.2) is 65.2 Å². The molecule has 0 fully saturated rings. The van der Waals surface area contributed by atoms with Gasteiger partial charge in [0.15, 0.2) is 32.3 Å². The largest absolute Gasteiger partial charge is 0.276 e. The van der Waals surface area contributed by atoms with Crippen molar-refractivity contribution in [2.24, 2.45) is 0 Å². The standard InChI is InChI=1S/C109H79N7Si4/c1-14-40-80(41-15-1)81-74-106(115-100-72-68-96(119(88-54-28-8-29-55-88,89-56-30-9-31-57-89)90-58-32-10-33-59-90)78-104(100)113-102-76-94(66-70-98(102)110-108(113)115)117(82-42-16-2-17-43-82,83-44-18-3-19-45-83)84-46-20-4-21-47-84)112-107(75-81)116-101-73-69-97(120(91-60-34-11-35-61-91,92-62-36-12-37-63-92)93-64-38-13-39-65-93)79-105(101)114-103-77-95(67-71-99(103)111-109(114)116)118(85-48-22-5-23-49-85,86-50-24-6-25-51-86)87-52-26-7-27-53-87/h1-79H. The second-order valence-electron chi connectivity index (χ2n) is 31.3. The summed E-state index contributed by atoms with van der Waals surface area (Å²) < 4.78 is 9.61. The Morgan fingerprint density at radius 3 is 0.575 bits per heavy atom. The Bertz CT molecular complexity index is 6660. The van der Waals surface area contributed by atoms with Crippen LogP contribution in [0.1, 0.15) is 0 Å². The molecule has 0 unspecified atom stereocenters. The summed E-state index contributed by atoms with van der Waals surface area (Å²) in [6.07, 6.45) is 0. The van der Waals surface area contributed by atoms with Crippen molar-refractivity contribution < 1.29 is 0 Å². The first-order valence-electron chi connectivity index (χ1n) is 41.2. The predicted molar refractivity (Wildman–Crippen MR) is 510 cm³/mol. The van der Waals surface area contributed by atoms with E-state index in [0.717, 1.165) is 66.8 Å². The minimum Gasteiger partial charge on any atom is -0.276 e. The minimum atomic E-state index is -3.16. The first-order valence-corrected chi connectivity index (χ1v) is 49.2. The number of pyridine rings is 1. The van der Waals surface area contributed by atoms with E-state index in [9.17, 15) is 0 Å². The Balaban J connectivity index is 0.864. The maximum Gasteiger partial charge on any atom is 0.221 e. The number of aromatic nitrogens is 7. The maximum absolute atomic E-state index is 6.21. The van der Waals surface area contributed by atoms with Gasteiger partial charge in [0.05, 0.1) is 44.1 Å². The molecular weight excluding hydrogens is 1520 g/mol. The number of benzene rings is 17. The third-order valence-electron chi connectivity index (χ3n) is 25.2. The molecule has 0 aliphatic heterocycles. The van der Waals surface area contributed by atoms with Crippen LogP contribution in [0, 0.1) is 0 Å². The number of hydrogen-bond acceptors (Lipinski definition) is 3. The van der Waals surface area contributed by atoms with E-state index in [4.69, 9.17) is 15.0 Å². The highest BCUT2D eigenvalue weighted by atomic mass is 28.3. The molecule has 22 rings (SSSR count). The molecule has 0 spiro atoms. The average molecular weight is 1600 g/mol. The van der Waals surface area contributed by atoms with Crippen molar-refractivity contribution >= 4 is 171 Å². The molecule has 11 heteroatoms. The van der Waals surface area contributed by atoms with Crippen LogP contribution in [0.3, 0.4) is 0 Å². The quantitative estimate of drug-likeness (QED) is 0.0599. The van der Waals surface area contributed by atoms with Gasteiger partial charge >= 0.3 is 0 Å². The van der Waals surface area contributed by atoms with Crippen LogP contribution in [0.15, 0.2) is 479 Å². The summed E-state index contributed by atoms with van der Waals surface area (Å²) in [5.41, 5.74) is 9.76. The van der Waals surface area contributed by atoms with Gasteiger partial charge in [0.1, 0.15) is 11.6 Å². The third kappa shape index (κ3) is 11.3. The molecule has 22 aromatic rings. The van der Waals surface area contributed by atoms with E-state index in [1.54, 1.807) is 0 Å². The first-order chi connectivity index (χ1) is 59.5. The summed E-state index contributed by atoms with van der Waals surface area (Å²) in [4.78, 5) is 18.1. The van der Waals surface area contributed by atoms with Gasteiger partial charge in [-0.1, -0.05) is 419 Å². The maximum atomic E-state index is 6.21. The fourth-order valence-electron chi connectivity index (χ4n) is 20.1. The second kappa shape index (κ2) is 29.8. The van der Waals surface area contributed by atoms with Gasteiger partial charge in [0.2, 0.25) is 11.6 Å². The zero-order chi connectivity index (χ0) is 79.6. The molecule has 0 saturated heterocycles. The average Bonchev–Trinajstić information content (AvgIpc) is 1.47. The van der Waals surface area contributed by atoms with Crippen molar-refractivity contribution in [2.45, 2.75) is 0 Å². The molecule has 7 nitrogen and oxygen atoms in total. The van der Waals surface area contributed by atoms with Crippen LogP contribution in [0.2, 0.25) is 0 Å². The Labute approximate surface area is 700 Å². The van der Waals surface area contributed by atoms with Crippen molar-refractivity contribution in [3.8, 4) is 22.8 Å². The van der Waals surface area contributed by atoms with Crippen LogP contribution in [0.5, 0.6) is 0 Å². The van der Waals surface area contributed by atoms with E-state index in [2.05, 4.69) is 497 Å². The predicted octanol–water partition coefficient (Wildman–Crippen LogP) is 13.7. The summed E-state index contributed by atoms with van der Waals surface area (Å²) >= 11 is 0. The van der Waals surface area contributed by atoms with Crippen molar-refractivity contribution in [3.05, 3.63) is 479 Å². The lowest BCUT2D eigenvalue weighted by Gasteiger charge is -2.34. The Morgan fingerprint density at radius 2 is 0.350 bits per heavy atom. The van der Waals surface area contributed by atoms with Crippen molar-refractivity contribution in [1.29, 1.82) is 0 Å². The highest BCUT2D eigenvalue weighted by molar-refractivity contribution is 7.22. The van der Waals surface area contributed by atoms with Crippen LogP contribution >= 0.6 is 0 Å². The van der Waals surface area contributed by atoms with Gasteiger partial charge in [0, 0.05) is 0 Å². The van der Waals surface area contributed by atoms with Gasteiger partial charge in [0.25, 0.3) is 0 Å². The fraction of sp³-hybridized carbons (Fsp3) is 0. The van der Waals surface area contributed by atoms with Gasteiger partial charge in [-0.05, 0) is 155 Å². The summed E-state index contributed by atoms with van der Waals surface area (Å²) in [6.45, 7) is 0. The molecule has 0 atom stereocenters. The normalized spacial score (nSPS) is 12.2. The molecule has 0 N–H and O–H groups in total. The van der Waals surface area contributed by atoms with Crippen LogP contribution in [0.25, 0.3) is 78.5 Å². The first kappa shape index (κ1) is 71.8. The monoisotopic (exact) mass is 1600 g/mol. The molecule has 0 bridgehead atoms. The molecule has 0 aliphatic carbocycles. The summed E-state index contributed by atoms with van der Waals surface area (Å²) in [5, 5.41) is 20.5. The van der Waals surface area contributed by atoms with E-state index >= 15 is 0 Å². The topological polar surface area (TPSA) is 57.4 Å². The Morgan fingerprint density at radius 1 is 0.150 bits per heavy atom. The summed E-state index contributed by atoms with van der Waals surface area (Å²) in [5.74, 6) is 2.90. The van der Waals surface area contributed by atoms with Gasteiger partial charge in [-0.3, -0.25) is 17.9 Å². The van der Waals surface area contributed by atoms with E-state index in [-0.39, 0.29) is 0 Å². The van der Waals surface area contributed by atoms with Crippen LogP contribution < -0.4 is 83.0 Å². The molecule has 0 aliphatic rings. The number of fused-ring (bicyclic) bond motifs is 10. The molecule has 120 heavy (non-hydrogen) atoms. The zero-order valence-electron chi connectivity index (χ0n) is 65.7. The Hall–Kier alpha value is -14.7. The number of rotatable bonds is 19. The van der Waals surface area contributed by atoms with E-state index in [1.165, 1.54) is 83.0 Å². The lowest BCUT2D eigenvalue weighted by Crippen LogP contribution is -2.74. The van der Waals surface area contributed by atoms with E-state index in [1.807, 2.05) is 0 Å². The third-order valence-corrected chi connectivity index (χ3v) is 44.3. The molecule has 0 radical (unpaired) electrons. The molecule has 0 amide bonds. The molecule has 5 heterocycles. The zero-order valence-corrected chi connectivity index (χ0v) is 69.7. The second-order valence-corrected chi connectivity index (χ2v) is 46.5. The molecule has 17 aromatic carbocycles.